The highest BCUT2D eigenvalue weighted by molar-refractivity contribution is 14.0. The van der Waals surface area contributed by atoms with Crippen molar-refractivity contribution < 1.29 is 4.21 Å². The molecule has 6 heteroatoms. The van der Waals surface area contributed by atoms with Gasteiger partial charge < -0.3 is 10.6 Å². The molecule has 0 spiro atoms. The van der Waals surface area contributed by atoms with Gasteiger partial charge in [-0.2, -0.15) is 0 Å². The highest BCUT2D eigenvalue weighted by Crippen LogP contribution is 2.23. The van der Waals surface area contributed by atoms with E-state index in [4.69, 9.17) is 0 Å². The zero-order valence-corrected chi connectivity index (χ0v) is 19.4. The second-order valence-corrected chi connectivity index (χ2v) is 9.42. The van der Waals surface area contributed by atoms with E-state index in [2.05, 4.69) is 65.0 Å². The minimum absolute atomic E-state index is 0. The molecule has 2 N–H and O–H groups in total. The maximum atomic E-state index is 12.1. The van der Waals surface area contributed by atoms with E-state index in [1.807, 2.05) is 20.8 Å². The number of nitrogens with one attached hydrogen (secondary N) is 2. The number of hydrogen-bond acceptors (Lipinski definition) is 2. The van der Waals surface area contributed by atoms with Crippen LogP contribution in [0, 0.1) is 0 Å². The highest BCUT2D eigenvalue weighted by atomic mass is 127. The lowest BCUT2D eigenvalue weighted by molar-refractivity contribution is 0.645. The molecule has 0 aliphatic rings. The molecule has 144 valence electrons. The monoisotopic (exact) mass is 487 g/mol. The van der Waals surface area contributed by atoms with Crippen LogP contribution in [0.5, 0.6) is 0 Å². The molecule has 2 aromatic carbocycles. The van der Waals surface area contributed by atoms with Gasteiger partial charge in [-0.3, -0.25) is 9.20 Å². The van der Waals surface area contributed by atoms with Gasteiger partial charge in [0, 0.05) is 34.9 Å². The molecule has 2 aromatic rings. The Labute approximate surface area is 176 Å². The Bertz CT molecular complexity index is 766. The lowest BCUT2D eigenvalue weighted by Gasteiger charge is -2.21. The van der Waals surface area contributed by atoms with Crippen molar-refractivity contribution in [2.45, 2.75) is 38.5 Å². The summed E-state index contributed by atoms with van der Waals surface area (Å²) in [5, 5.41) is 9.17. The van der Waals surface area contributed by atoms with E-state index in [-0.39, 0.29) is 34.8 Å². The molecule has 0 amide bonds. The summed E-state index contributed by atoms with van der Waals surface area (Å²) in [6, 6.07) is 14.9. The summed E-state index contributed by atoms with van der Waals surface area (Å²) in [5.74, 6) is 1.33. The summed E-state index contributed by atoms with van der Waals surface area (Å²) in [5.41, 5.74) is 1.24. The van der Waals surface area contributed by atoms with Gasteiger partial charge in [0.1, 0.15) is 0 Å². The molecule has 0 heterocycles. The average molecular weight is 487 g/mol. The van der Waals surface area contributed by atoms with Crippen molar-refractivity contribution in [2.24, 2.45) is 4.99 Å². The Balaban J connectivity index is 0.00000338. The minimum Gasteiger partial charge on any atom is -0.355 e. The molecular formula is C20H30IN3OS. The number of rotatable bonds is 5. The van der Waals surface area contributed by atoms with Crippen LogP contribution in [-0.2, 0) is 10.8 Å². The van der Waals surface area contributed by atoms with Crippen molar-refractivity contribution in [3.05, 3.63) is 48.0 Å². The average Bonchev–Trinajstić information content (AvgIpc) is 2.59. The Hall–Kier alpha value is -1.15. The number of hydrogen-bond donors (Lipinski definition) is 2. The van der Waals surface area contributed by atoms with Gasteiger partial charge in [-0.05, 0) is 44.0 Å². The smallest absolute Gasteiger partial charge is 0.191 e. The molecule has 4 nitrogen and oxygen atoms in total. The van der Waals surface area contributed by atoms with E-state index in [0.29, 0.717) is 12.3 Å². The van der Waals surface area contributed by atoms with Crippen molar-refractivity contribution in [3.8, 4) is 0 Å². The van der Waals surface area contributed by atoms with Crippen LogP contribution in [0.1, 0.15) is 39.3 Å². The number of nitrogens with zero attached hydrogens (tertiary/aromatic N) is 1. The molecule has 2 rings (SSSR count). The molecule has 0 aliphatic heterocycles. The molecule has 2 unspecified atom stereocenters. The molecule has 26 heavy (non-hydrogen) atoms. The molecule has 0 aliphatic carbocycles. The van der Waals surface area contributed by atoms with E-state index in [1.165, 1.54) is 16.3 Å². The van der Waals surface area contributed by atoms with Crippen LogP contribution in [0.15, 0.2) is 47.5 Å². The number of benzene rings is 2. The van der Waals surface area contributed by atoms with Gasteiger partial charge in [-0.25, -0.2) is 0 Å². The molecule has 2 atom stereocenters. The Morgan fingerprint density at radius 3 is 2.46 bits per heavy atom. The molecule has 0 saturated heterocycles. The van der Waals surface area contributed by atoms with Crippen molar-refractivity contribution in [1.29, 1.82) is 0 Å². The summed E-state index contributed by atoms with van der Waals surface area (Å²) in [6.45, 7) is 8.75. The summed E-state index contributed by atoms with van der Waals surface area (Å²) in [4.78, 5) is 4.29. The van der Waals surface area contributed by atoms with Crippen molar-refractivity contribution in [1.82, 2.24) is 10.6 Å². The van der Waals surface area contributed by atoms with Crippen LogP contribution in [0.2, 0.25) is 0 Å². The first-order valence-electron chi connectivity index (χ1n) is 8.66. The van der Waals surface area contributed by atoms with Crippen LogP contribution in [0.25, 0.3) is 10.8 Å². The maximum absolute atomic E-state index is 12.1. The number of aliphatic imine (C=N–C) groups is 1. The first kappa shape index (κ1) is 22.9. The third-order valence-corrected chi connectivity index (χ3v) is 6.07. The minimum atomic E-state index is -0.868. The van der Waals surface area contributed by atoms with Crippen LogP contribution in [0.3, 0.4) is 0 Å². The van der Waals surface area contributed by atoms with E-state index < -0.39 is 10.8 Å². The van der Waals surface area contributed by atoms with Crippen LogP contribution in [-0.4, -0.2) is 34.3 Å². The van der Waals surface area contributed by atoms with Gasteiger partial charge in [-0.15, -0.1) is 24.0 Å². The van der Waals surface area contributed by atoms with Gasteiger partial charge in [-0.1, -0.05) is 42.5 Å². The lowest BCUT2D eigenvalue weighted by Crippen LogP contribution is -2.41. The molecule has 0 fully saturated rings. The first-order chi connectivity index (χ1) is 11.8. The summed E-state index contributed by atoms with van der Waals surface area (Å²) in [7, 11) is 0.888. The fraction of sp³-hybridized carbons (Fsp3) is 0.450. The van der Waals surface area contributed by atoms with Gasteiger partial charge in [0.2, 0.25) is 0 Å². The second-order valence-electron chi connectivity index (χ2n) is 7.10. The molecule has 0 saturated carbocycles. The van der Waals surface area contributed by atoms with Gasteiger partial charge in [0.15, 0.2) is 5.96 Å². The maximum Gasteiger partial charge on any atom is 0.191 e. The van der Waals surface area contributed by atoms with Gasteiger partial charge in [0.05, 0.1) is 6.04 Å². The number of fused-ring (bicyclic) bond motifs is 1. The van der Waals surface area contributed by atoms with E-state index in [9.17, 15) is 4.21 Å². The summed E-state index contributed by atoms with van der Waals surface area (Å²) < 4.78 is 11.9. The zero-order valence-electron chi connectivity index (χ0n) is 16.2. The third kappa shape index (κ3) is 6.23. The van der Waals surface area contributed by atoms with Crippen molar-refractivity contribution >= 4 is 51.5 Å². The van der Waals surface area contributed by atoms with E-state index in [1.54, 1.807) is 7.05 Å². The second kappa shape index (κ2) is 10.3. The topological polar surface area (TPSA) is 53.5 Å². The standard InChI is InChI=1S/C20H29N3OS.HI/c1-15(17-12-8-10-16-9-6-7-11-18(16)17)23-19(21-5)22-13-14-25(24)20(2,3)4;/h6-12,15H,13-14H2,1-5H3,(H2,21,22,23);1H. The number of halogens is 1. The van der Waals surface area contributed by atoms with Gasteiger partial charge >= 0.3 is 0 Å². The molecule has 0 aromatic heterocycles. The predicted molar refractivity (Wildman–Crippen MR) is 125 cm³/mol. The Morgan fingerprint density at radius 2 is 1.81 bits per heavy atom. The van der Waals surface area contributed by atoms with Crippen LogP contribution >= 0.6 is 24.0 Å². The van der Waals surface area contributed by atoms with E-state index in [0.717, 1.165) is 5.96 Å². The van der Waals surface area contributed by atoms with Crippen molar-refractivity contribution in [3.63, 3.8) is 0 Å². The zero-order chi connectivity index (χ0) is 18.4. The quantitative estimate of drug-likeness (QED) is 0.377. The molecular weight excluding hydrogens is 457 g/mol. The highest BCUT2D eigenvalue weighted by Gasteiger charge is 2.19. The van der Waals surface area contributed by atoms with Crippen LogP contribution in [0.4, 0.5) is 0 Å². The SMILES string of the molecule is CN=C(NCCS(=O)C(C)(C)C)NC(C)c1cccc2ccccc12.I. The fourth-order valence-electron chi connectivity index (χ4n) is 2.67. The normalized spacial score (nSPS) is 14.4. The number of guanidine groups is 1. The van der Waals surface area contributed by atoms with Crippen molar-refractivity contribution in [2.75, 3.05) is 19.3 Å². The van der Waals surface area contributed by atoms with Crippen LogP contribution < -0.4 is 10.6 Å². The van der Waals surface area contributed by atoms with E-state index >= 15 is 0 Å². The summed E-state index contributed by atoms with van der Waals surface area (Å²) >= 11 is 0. The third-order valence-electron chi connectivity index (χ3n) is 4.13. The van der Waals surface area contributed by atoms with Gasteiger partial charge in [0.25, 0.3) is 0 Å². The fourth-order valence-corrected chi connectivity index (χ4v) is 3.57. The predicted octanol–water partition coefficient (Wildman–Crippen LogP) is 4.23. The largest absolute Gasteiger partial charge is 0.355 e. The lowest BCUT2D eigenvalue weighted by atomic mass is 10.00. The molecule has 0 bridgehead atoms. The molecule has 0 radical (unpaired) electrons. The summed E-state index contributed by atoms with van der Waals surface area (Å²) in [6.07, 6.45) is 0. The Morgan fingerprint density at radius 1 is 1.15 bits per heavy atom. The first-order valence-corrected chi connectivity index (χ1v) is 9.98. The Kier molecular flexibility index (Phi) is 9.03.